The molecule has 1 unspecified atom stereocenters. The van der Waals surface area contributed by atoms with Gasteiger partial charge in [-0.2, -0.15) is 0 Å². The minimum absolute atomic E-state index is 0.858. The Morgan fingerprint density at radius 2 is 2.09 bits per heavy atom. The molecule has 1 aromatic rings. The molecule has 3 heteroatoms. The lowest BCUT2D eigenvalue weighted by Gasteiger charge is -2.00. The Morgan fingerprint density at radius 1 is 1.45 bits per heavy atom. The number of benzene rings is 1. The molecule has 0 radical (unpaired) electrons. The van der Waals surface area contributed by atoms with Crippen LogP contribution in [-0.2, 0) is 10.8 Å². The van der Waals surface area contributed by atoms with Crippen LogP contribution in [0.2, 0.25) is 0 Å². The number of aryl methyl sites for hydroxylation is 1. The Morgan fingerprint density at radius 3 is 2.55 bits per heavy atom. The van der Waals surface area contributed by atoms with Crippen LogP contribution in [0.25, 0.3) is 0 Å². The fourth-order valence-corrected chi connectivity index (χ4v) is 2.79. The molecule has 0 saturated carbocycles. The second-order valence-corrected chi connectivity index (χ2v) is 4.90. The third-order valence-electron chi connectivity index (χ3n) is 1.40. The van der Waals surface area contributed by atoms with Gasteiger partial charge in [0, 0.05) is 9.83 Å². The van der Waals surface area contributed by atoms with E-state index in [4.69, 9.17) is 0 Å². The van der Waals surface area contributed by atoms with Gasteiger partial charge in [-0.1, -0.05) is 6.07 Å². The van der Waals surface area contributed by atoms with Crippen molar-refractivity contribution >= 4 is 33.4 Å². The Kier molecular flexibility index (Phi) is 3.06. The lowest BCUT2D eigenvalue weighted by atomic mass is 10.2. The van der Waals surface area contributed by atoms with Gasteiger partial charge in [0.1, 0.15) is 0 Å². The van der Waals surface area contributed by atoms with E-state index in [0.717, 1.165) is 14.0 Å². The average Bonchev–Trinajstić information content (AvgIpc) is 1.94. The lowest BCUT2D eigenvalue weighted by Crippen LogP contribution is -1.91. The van der Waals surface area contributed by atoms with Crippen molar-refractivity contribution < 1.29 is 4.21 Å². The maximum absolute atomic E-state index is 11.1. The first kappa shape index (κ1) is 9.19. The van der Waals surface area contributed by atoms with E-state index in [1.807, 2.05) is 25.1 Å². The van der Waals surface area contributed by atoms with Crippen molar-refractivity contribution in [3.8, 4) is 0 Å². The molecule has 0 aliphatic rings. The van der Waals surface area contributed by atoms with Crippen LogP contribution in [-0.4, -0.2) is 10.5 Å². The fourth-order valence-electron chi connectivity index (χ4n) is 0.831. The Hall–Kier alpha value is 0.1000. The first-order chi connectivity index (χ1) is 5.11. The van der Waals surface area contributed by atoms with Gasteiger partial charge >= 0.3 is 0 Å². The summed E-state index contributed by atoms with van der Waals surface area (Å²) < 4.78 is 12.2. The number of hydrogen-bond donors (Lipinski definition) is 0. The van der Waals surface area contributed by atoms with E-state index in [0.29, 0.717) is 0 Å². The standard InChI is InChI=1S/C8H9IOS/c1-6-3-4-7(9)8(5-6)11(2)10/h3-5H,1-2H3. The van der Waals surface area contributed by atoms with Gasteiger partial charge in [-0.05, 0) is 47.2 Å². The molecule has 0 spiro atoms. The minimum atomic E-state index is -0.858. The second kappa shape index (κ2) is 3.67. The van der Waals surface area contributed by atoms with Crippen LogP contribution in [0, 0.1) is 10.5 Å². The van der Waals surface area contributed by atoms with Crippen molar-refractivity contribution in [1.29, 1.82) is 0 Å². The van der Waals surface area contributed by atoms with Crippen molar-refractivity contribution in [3.63, 3.8) is 0 Å². The van der Waals surface area contributed by atoms with Crippen LogP contribution in [0.15, 0.2) is 23.1 Å². The van der Waals surface area contributed by atoms with Crippen LogP contribution in [0.1, 0.15) is 5.56 Å². The molecule has 0 fully saturated rings. The van der Waals surface area contributed by atoms with Crippen LogP contribution in [0.3, 0.4) is 0 Å². The quantitative estimate of drug-likeness (QED) is 0.722. The maximum Gasteiger partial charge on any atom is 0.0521 e. The minimum Gasteiger partial charge on any atom is -0.255 e. The average molecular weight is 280 g/mol. The van der Waals surface area contributed by atoms with E-state index < -0.39 is 10.8 Å². The molecule has 0 amide bonds. The molecular weight excluding hydrogens is 271 g/mol. The number of hydrogen-bond acceptors (Lipinski definition) is 1. The predicted molar refractivity (Wildman–Crippen MR) is 56.2 cm³/mol. The van der Waals surface area contributed by atoms with Crippen molar-refractivity contribution in [3.05, 3.63) is 27.3 Å². The molecular formula is C8H9IOS. The Bertz CT molecular complexity index is 296. The monoisotopic (exact) mass is 280 g/mol. The van der Waals surface area contributed by atoms with Gasteiger partial charge in [0.25, 0.3) is 0 Å². The highest BCUT2D eigenvalue weighted by atomic mass is 127. The summed E-state index contributed by atoms with van der Waals surface area (Å²) in [4.78, 5) is 0.936. The molecule has 0 N–H and O–H groups in total. The summed E-state index contributed by atoms with van der Waals surface area (Å²) in [7, 11) is -0.858. The summed E-state index contributed by atoms with van der Waals surface area (Å²) in [5.74, 6) is 0. The predicted octanol–water partition coefficient (Wildman–Crippen LogP) is 2.34. The highest BCUT2D eigenvalue weighted by molar-refractivity contribution is 14.1. The van der Waals surface area contributed by atoms with E-state index in [-0.39, 0.29) is 0 Å². The Labute approximate surface area is 82.8 Å². The van der Waals surface area contributed by atoms with Gasteiger partial charge in [0.2, 0.25) is 0 Å². The molecule has 1 rings (SSSR count). The van der Waals surface area contributed by atoms with Crippen LogP contribution in [0.5, 0.6) is 0 Å². The zero-order chi connectivity index (χ0) is 8.43. The van der Waals surface area contributed by atoms with E-state index in [2.05, 4.69) is 22.6 Å². The summed E-state index contributed by atoms with van der Waals surface area (Å²) in [5, 5.41) is 0. The van der Waals surface area contributed by atoms with Gasteiger partial charge in [-0.3, -0.25) is 4.21 Å². The molecule has 0 aliphatic carbocycles. The van der Waals surface area contributed by atoms with Gasteiger partial charge in [0.05, 0.1) is 15.7 Å². The maximum atomic E-state index is 11.1. The molecule has 1 aromatic carbocycles. The first-order valence-corrected chi connectivity index (χ1v) is 5.84. The topological polar surface area (TPSA) is 17.1 Å². The highest BCUT2D eigenvalue weighted by Crippen LogP contribution is 2.16. The highest BCUT2D eigenvalue weighted by Gasteiger charge is 2.02. The Balaban J connectivity index is 3.23. The fraction of sp³-hybridized carbons (Fsp3) is 0.250. The summed E-state index contributed by atoms with van der Waals surface area (Å²) in [6.07, 6.45) is 1.71. The molecule has 1 nitrogen and oxygen atoms in total. The molecule has 0 aromatic heterocycles. The van der Waals surface area contributed by atoms with Gasteiger partial charge in [-0.25, -0.2) is 0 Å². The lowest BCUT2D eigenvalue weighted by molar-refractivity contribution is 0.686. The molecule has 0 heterocycles. The largest absolute Gasteiger partial charge is 0.255 e. The molecule has 0 aliphatic heterocycles. The zero-order valence-corrected chi connectivity index (χ0v) is 9.40. The van der Waals surface area contributed by atoms with Crippen molar-refractivity contribution in [2.45, 2.75) is 11.8 Å². The summed E-state index contributed by atoms with van der Waals surface area (Å²) >= 11 is 2.20. The van der Waals surface area contributed by atoms with E-state index in [1.54, 1.807) is 6.26 Å². The van der Waals surface area contributed by atoms with E-state index >= 15 is 0 Å². The number of halogens is 1. The molecule has 11 heavy (non-hydrogen) atoms. The van der Waals surface area contributed by atoms with Crippen molar-refractivity contribution in [2.75, 3.05) is 6.26 Å². The van der Waals surface area contributed by atoms with Crippen molar-refractivity contribution in [2.24, 2.45) is 0 Å². The first-order valence-electron chi connectivity index (χ1n) is 3.21. The van der Waals surface area contributed by atoms with Crippen LogP contribution < -0.4 is 0 Å². The smallest absolute Gasteiger partial charge is 0.0521 e. The summed E-state index contributed by atoms with van der Waals surface area (Å²) in [6.45, 7) is 2.01. The van der Waals surface area contributed by atoms with Crippen LogP contribution >= 0.6 is 22.6 Å². The zero-order valence-electron chi connectivity index (χ0n) is 6.43. The SMILES string of the molecule is Cc1ccc(I)c(S(C)=O)c1. The molecule has 0 bridgehead atoms. The van der Waals surface area contributed by atoms with Gasteiger partial charge < -0.3 is 0 Å². The van der Waals surface area contributed by atoms with E-state index in [1.165, 1.54) is 0 Å². The third-order valence-corrected chi connectivity index (χ3v) is 3.66. The van der Waals surface area contributed by atoms with E-state index in [9.17, 15) is 4.21 Å². The van der Waals surface area contributed by atoms with Crippen molar-refractivity contribution in [1.82, 2.24) is 0 Å². The van der Waals surface area contributed by atoms with Gasteiger partial charge in [-0.15, -0.1) is 0 Å². The molecule has 1 atom stereocenters. The van der Waals surface area contributed by atoms with Gasteiger partial charge in [0.15, 0.2) is 0 Å². The summed E-state index contributed by atoms with van der Waals surface area (Å²) in [6, 6.07) is 5.99. The summed E-state index contributed by atoms with van der Waals surface area (Å²) in [5.41, 5.74) is 1.16. The molecule has 60 valence electrons. The van der Waals surface area contributed by atoms with Crippen LogP contribution in [0.4, 0.5) is 0 Å². The second-order valence-electron chi connectivity index (χ2n) is 2.39. The normalized spacial score (nSPS) is 13.0. The molecule has 0 saturated heterocycles. The third kappa shape index (κ3) is 2.27. The number of rotatable bonds is 1.